The van der Waals surface area contributed by atoms with Crippen molar-refractivity contribution in [1.29, 1.82) is 0 Å². The van der Waals surface area contributed by atoms with Gasteiger partial charge in [0, 0.05) is 25.5 Å². The first-order valence-electron chi connectivity index (χ1n) is 8.21. The van der Waals surface area contributed by atoms with Crippen LogP contribution in [0.4, 0.5) is 17.1 Å². The molecule has 0 aliphatic heterocycles. The van der Waals surface area contributed by atoms with E-state index < -0.39 is 4.92 Å². The van der Waals surface area contributed by atoms with Crippen LogP contribution >= 0.6 is 34.4 Å². The van der Waals surface area contributed by atoms with E-state index in [4.69, 9.17) is 5.84 Å². The molecule has 0 spiro atoms. The number of benzene rings is 3. The Hall–Kier alpha value is -2.99. The second kappa shape index (κ2) is 9.47. The molecule has 0 saturated heterocycles. The highest BCUT2D eigenvalue weighted by Crippen LogP contribution is 2.36. The third-order valence-electron chi connectivity index (χ3n) is 3.79. The Morgan fingerprint density at radius 2 is 1.79 bits per heavy atom. The Morgan fingerprint density at radius 1 is 1.07 bits per heavy atom. The summed E-state index contributed by atoms with van der Waals surface area (Å²) in [6.07, 6.45) is 0. The number of nitro groups is 1. The second-order valence-corrected chi connectivity index (χ2v) is 7.93. The van der Waals surface area contributed by atoms with E-state index in [9.17, 15) is 14.9 Å². The molecular weight excluding hydrogens is 505 g/mol. The number of hydrogen-bond donors (Lipinski definition) is 2. The maximum Gasteiger partial charge on any atom is 0.269 e. The van der Waals surface area contributed by atoms with Crippen LogP contribution in [0.25, 0.3) is 0 Å². The maximum absolute atomic E-state index is 13.1. The minimum Gasteiger partial charge on any atom is -0.321 e. The molecule has 10 heteroatoms. The van der Waals surface area contributed by atoms with E-state index in [-0.39, 0.29) is 11.6 Å². The van der Waals surface area contributed by atoms with E-state index in [1.807, 2.05) is 18.2 Å². The average Bonchev–Trinajstić information content (AvgIpc) is 2.70. The molecule has 0 unspecified atom stereocenters. The number of carbonyl (C=O) groups is 1. The number of nitro benzene ring substituents is 1. The normalized spacial score (nSPS) is 10.8. The third kappa shape index (κ3) is 5.09. The van der Waals surface area contributed by atoms with Crippen LogP contribution in [-0.2, 0) is 0 Å². The molecule has 0 heterocycles. The first-order valence-corrected chi connectivity index (χ1v) is 10.1. The number of hydrogen-bond acceptors (Lipinski definition) is 6. The Kier molecular flexibility index (Phi) is 6.77. The fourth-order valence-corrected chi connectivity index (χ4v) is 3.98. The Labute approximate surface area is 183 Å². The second-order valence-electron chi connectivity index (χ2n) is 5.65. The van der Waals surface area contributed by atoms with Crippen LogP contribution in [-0.4, -0.2) is 10.8 Å². The van der Waals surface area contributed by atoms with Gasteiger partial charge in [-0.25, -0.2) is 0 Å². The predicted molar refractivity (Wildman–Crippen MR) is 119 cm³/mol. The highest BCUT2D eigenvalue weighted by atomic mass is 127. The maximum atomic E-state index is 13.1. The molecular formula is C19H14IN5O3S. The average molecular weight is 519 g/mol. The zero-order valence-corrected chi connectivity index (χ0v) is 17.8. The van der Waals surface area contributed by atoms with E-state index in [0.29, 0.717) is 21.8 Å². The quantitative estimate of drug-likeness (QED) is 0.145. The molecule has 0 bridgehead atoms. The molecule has 3 rings (SSSR count). The fourth-order valence-electron chi connectivity index (χ4n) is 2.49. The van der Waals surface area contributed by atoms with E-state index in [0.717, 1.165) is 8.47 Å². The van der Waals surface area contributed by atoms with Crippen molar-refractivity contribution in [2.24, 2.45) is 16.2 Å². The summed E-state index contributed by atoms with van der Waals surface area (Å²) >= 11 is 3.43. The standard InChI is InChI=1S/C19H14IN5O3S/c20-14-4-1-2-5-15(14)22-19(26)18-16(23-24-21)6-3-7-17(18)29-13-10-8-12(9-11-13)25(27)28/h1-11H,(H2,21,23)(H,22,26). The minimum absolute atomic E-state index is 0.00310. The summed E-state index contributed by atoms with van der Waals surface area (Å²) in [5, 5.41) is 20.9. The smallest absolute Gasteiger partial charge is 0.269 e. The lowest BCUT2D eigenvalue weighted by atomic mass is 10.1. The first-order chi connectivity index (χ1) is 14.0. The van der Waals surface area contributed by atoms with Crippen molar-refractivity contribution in [3.8, 4) is 0 Å². The molecule has 0 saturated carbocycles. The topological polar surface area (TPSA) is 123 Å². The predicted octanol–water partition coefficient (Wildman–Crippen LogP) is 5.56. The summed E-state index contributed by atoms with van der Waals surface area (Å²) in [5.41, 5.74) is 1.30. The number of rotatable bonds is 6. The summed E-state index contributed by atoms with van der Waals surface area (Å²) < 4.78 is 0.890. The number of anilines is 1. The van der Waals surface area contributed by atoms with Crippen LogP contribution in [0.5, 0.6) is 0 Å². The van der Waals surface area contributed by atoms with Gasteiger partial charge in [0.2, 0.25) is 0 Å². The minimum atomic E-state index is -0.461. The molecule has 0 aliphatic rings. The van der Waals surface area contributed by atoms with Gasteiger partial charge in [-0.05, 0) is 59.0 Å². The monoisotopic (exact) mass is 519 g/mol. The lowest BCUT2D eigenvalue weighted by Gasteiger charge is -2.13. The van der Waals surface area contributed by atoms with Gasteiger partial charge in [-0.2, -0.15) is 0 Å². The van der Waals surface area contributed by atoms with Crippen LogP contribution in [0.2, 0.25) is 0 Å². The van der Waals surface area contributed by atoms with Crippen molar-refractivity contribution < 1.29 is 9.72 Å². The van der Waals surface area contributed by atoms with Gasteiger partial charge in [0.15, 0.2) is 0 Å². The number of carbonyl (C=O) groups excluding carboxylic acids is 1. The van der Waals surface area contributed by atoms with E-state index in [1.54, 1.807) is 36.4 Å². The largest absolute Gasteiger partial charge is 0.321 e. The molecule has 29 heavy (non-hydrogen) atoms. The molecule has 3 N–H and O–H groups in total. The molecule has 1 amide bonds. The summed E-state index contributed by atoms with van der Waals surface area (Å²) in [6, 6.07) is 18.6. The lowest BCUT2D eigenvalue weighted by Crippen LogP contribution is -2.14. The van der Waals surface area contributed by atoms with Gasteiger partial charge in [-0.3, -0.25) is 14.9 Å². The summed E-state index contributed by atoms with van der Waals surface area (Å²) in [7, 11) is 0. The van der Waals surface area contributed by atoms with Gasteiger partial charge >= 0.3 is 0 Å². The highest BCUT2D eigenvalue weighted by Gasteiger charge is 2.19. The Bertz CT molecular complexity index is 1090. The van der Waals surface area contributed by atoms with Gasteiger partial charge in [0.25, 0.3) is 11.6 Å². The van der Waals surface area contributed by atoms with E-state index in [2.05, 4.69) is 38.2 Å². The van der Waals surface area contributed by atoms with E-state index >= 15 is 0 Å². The molecule has 0 atom stereocenters. The molecule has 8 nitrogen and oxygen atoms in total. The third-order valence-corrected chi connectivity index (χ3v) is 5.80. The number of para-hydroxylation sites is 1. The van der Waals surface area contributed by atoms with Crippen molar-refractivity contribution in [3.05, 3.63) is 86.0 Å². The van der Waals surface area contributed by atoms with Crippen molar-refractivity contribution in [2.45, 2.75) is 9.79 Å². The molecule has 0 radical (unpaired) electrons. The zero-order valence-electron chi connectivity index (χ0n) is 14.8. The molecule has 146 valence electrons. The number of amides is 1. The van der Waals surface area contributed by atoms with E-state index in [1.165, 1.54) is 23.9 Å². The number of nitrogens with one attached hydrogen (secondary N) is 1. The number of non-ortho nitro benzene ring substituents is 1. The molecule has 3 aromatic rings. The van der Waals surface area contributed by atoms with Crippen molar-refractivity contribution in [2.75, 3.05) is 5.32 Å². The highest BCUT2D eigenvalue weighted by molar-refractivity contribution is 14.1. The van der Waals surface area contributed by atoms with Crippen molar-refractivity contribution >= 4 is 57.3 Å². The molecule has 0 fully saturated rings. The molecule has 3 aromatic carbocycles. The van der Waals surface area contributed by atoms with Gasteiger partial charge in [0.1, 0.15) is 5.69 Å². The van der Waals surface area contributed by atoms with Crippen LogP contribution in [0.1, 0.15) is 10.4 Å². The van der Waals surface area contributed by atoms with Gasteiger partial charge in [-0.1, -0.05) is 35.2 Å². The summed E-state index contributed by atoms with van der Waals surface area (Å²) in [5.74, 6) is 4.85. The van der Waals surface area contributed by atoms with Gasteiger partial charge < -0.3 is 11.2 Å². The SMILES string of the molecule is NN=Nc1cccc(Sc2ccc([N+](=O)[O-])cc2)c1C(=O)Nc1ccccc1I. The molecule has 0 aliphatic carbocycles. The number of nitrogens with zero attached hydrogens (tertiary/aromatic N) is 3. The van der Waals surface area contributed by atoms with Gasteiger partial charge in [-0.15, -0.1) is 5.11 Å². The summed E-state index contributed by atoms with van der Waals surface area (Å²) in [4.78, 5) is 24.8. The van der Waals surface area contributed by atoms with Crippen LogP contribution < -0.4 is 11.2 Å². The van der Waals surface area contributed by atoms with Gasteiger partial charge in [0.05, 0.1) is 16.2 Å². The van der Waals surface area contributed by atoms with Crippen LogP contribution in [0.3, 0.4) is 0 Å². The summed E-state index contributed by atoms with van der Waals surface area (Å²) in [6.45, 7) is 0. The van der Waals surface area contributed by atoms with Crippen molar-refractivity contribution in [3.63, 3.8) is 0 Å². The number of halogens is 1. The fraction of sp³-hybridized carbons (Fsp3) is 0. The Balaban J connectivity index is 1.97. The van der Waals surface area contributed by atoms with Crippen molar-refractivity contribution in [1.82, 2.24) is 0 Å². The first kappa shape index (κ1) is 20.7. The zero-order chi connectivity index (χ0) is 20.8. The number of nitrogens with two attached hydrogens (primary N) is 1. The van der Waals surface area contributed by atoms with Crippen LogP contribution in [0.15, 0.2) is 86.9 Å². The lowest BCUT2D eigenvalue weighted by molar-refractivity contribution is -0.384. The molecule has 0 aromatic heterocycles. The Morgan fingerprint density at radius 3 is 2.45 bits per heavy atom. The van der Waals surface area contributed by atoms with Crippen LogP contribution in [0, 0.1) is 13.7 Å².